The smallest absolute Gasteiger partial charge is 0.243 e. The van der Waals surface area contributed by atoms with E-state index in [1.54, 1.807) is 51.7 Å². The van der Waals surface area contributed by atoms with Crippen LogP contribution in [0, 0.1) is 0 Å². The Kier molecular flexibility index (Phi) is 7.14. The molecule has 0 amide bonds. The Morgan fingerprint density at radius 3 is 2.21 bits per heavy atom. The molecule has 0 N–H and O–H groups in total. The van der Waals surface area contributed by atoms with Gasteiger partial charge in [-0.05, 0) is 66.1 Å². The van der Waals surface area contributed by atoms with Crippen molar-refractivity contribution in [3.05, 3.63) is 71.8 Å². The van der Waals surface area contributed by atoms with E-state index in [4.69, 9.17) is 23.7 Å². The van der Waals surface area contributed by atoms with Crippen molar-refractivity contribution < 1.29 is 32.1 Å². The van der Waals surface area contributed by atoms with Gasteiger partial charge in [-0.1, -0.05) is 12.1 Å². The topological polar surface area (TPSA) is 83.5 Å². The van der Waals surface area contributed by atoms with E-state index >= 15 is 0 Å². The van der Waals surface area contributed by atoms with Crippen LogP contribution in [0.15, 0.2) is 65.6 Å². The number of nitrogens with zero attached hydrogens (tertiary/aromatic N) is 1. The van der Waals surface area contributed by atoms with Gasteiger partial charge in [-0.2, -0.15) is 4.31 Å². The average Bonchev–Trinajstić information content (AvgIpc) is 3.34. The molecular formula is C25H27NO7S. The first-order valence-corrected chi connectivity index (χ1v) is 12.1. The highest BCUT2D eigenvalue weighted by atomic mass is 32.2. The van der Waals surface area contributed by atoms with E-state index in [0.29, 0.717) is 35.2 Å². The van der Waals surface area contributed by atoms with Gasteiger partial charge in [0.25, 0.3) is 0 Å². The molecular weight excluding hydrogens is 458 g/mol. The van der Waals surface area contributed by atoms with E-state index < -0.39 is 10.0 Å². The van der Waals surface area contributed by atoms with E-state index in [2.05, 4.69) is 0 Å². The van der Waals surface area contributed by atoms with Crippen molar-refractivity contribution in [3.63, 3.8) is 0 Å². The predicted molar refractivity (Wildman–Crippen MR) is 126 cm³/mol. The lowest BCUT2D eigenvalue weighted by molar-refractivity contribution is 0.174. The fourth-order valence-corrected chi connectivity index (χ4v) is 5.14. The number of rotatable bonds is 10. The van der Waals surface area contributed by atoms with Gasteiger partial charge in [0.1, 0.15) is 5.75 Å². The predicted octanol–water partition coefficient (Wildman–Crippen LogP) is 3.87. The fourth-order valence-electron chi connectivity index (χ4n) is 3.71. The highest BCUT2D eigenvalue weighted by Gasteiger charge is 2.26. The molecule has 3 aromatic rings. The molecule has 0 saturated heterocycles. The Hall–Kier alpha value is -3.43. The van der Waals surface area contributed by atoms with E-state index in [0.717, 1.165) is 11.1 Å². The minimum Gasteiger partial charge on any atom is -0.497 e. The van der Waals surface area contributed by atoms with Gasteiger partial charge in [0, 0.05) is 13.1 Å². The van der Waals surface area contributed by atoms with Gasteiger partial charge in [-0.15, -0.1) is 0 Å². The molecule has 0 spiro atoms. The van der Waals surface area contributed by atoms with Crippen molar-refractivity contribution in [2.75, 3.05) is 34.7 Å². The Morgan fingerprint density at radius 2 is 1.50 bits per heavy atom. The molecule has 1 aliphatic heterocycles. The number of ether oxygens (including phenoxy) is 5. The van der Waals surface area contributed by atoms with Crippen molar-refractivity contribution in [2.24, 2.45) is 0 Å². The third-order valence-corrected chi connectivity index (χ3v) is 7.45. The number of sulfonamides is 1. The van der Waals surface area contributed by atoms with Crippen molar-refractivity contribution in [1.29, 1.82) is 0 Å². The van der Waals surface area contributed by atoms with Gasteiger partial charge in [0.05, 0.1) is 26.2 Å². The lowest BCUT2D eigenvalue weighted by Gasteiger charge is -2.23. The summed E-state index contributed by atoms with van der Waals surface area (Å²) < 4.78 is 55.4. The molecule has 8 nitrogen and oxygen atoms in total. The summed E-state index contributed by atoms with van der Waals surface area (Å²) in [4.78, 5) is 0.196. The number of methoxy groups -OCH3 is 3. The highest BCUT2D eigenvalue weighted by Crippen LogP contribution is 2.34. The zero-order valence-corrected chi connectivity index (χ0v) is 20.1. The van der Waals surface area contributed by atoms with Crippen LogP contribution in [0.2, 0.25) is 0 Å². The van der Waals surface area contributed by atoms with Gasteiger partial charge >= 0.3 is 0 Å². The Balaban J connectivity index is 1.61. The minimum atomic E-state index is -3.79. The number of fused-ring (bicyclic) bond motifs is 1. The molecule has 0 atom stereocenters. The lowest BCUT2D eigenvalue weighted by atomic mass is 10.1. The molecule has 1 heterocycles. The van der Waals surface area contributed by atoms with Crippen LogP contribution in [-0.2, 0) is 23.0 Å². The molecule has 0 saturated carbocycles. The molecule has 4 rings (SSSR count). The fraction of sp³-hybridized carbons (Fsp3) is 0.280. The first-order valence-electron chi connectivity index (χ1n) is 10.7. The van der Waals surface area contributed by atoms with Crippen LogP contribution in [-0.4, -0.2) is 47.4 Å². The van der Waals surface area contributed by atoms with Crippen molar-refractivity contribution in [1.82, 2.24) is 4.31 Å². The first-order chi connectivity index (χ1) is 16.4. The second-order valence-electron chi connectivity index (χ2n) is 7.64. The highest BCUT2D eigenvalue weighted by molar-refractivity contribution is 7.89. The summed E-state index contributed by atoms with van der Waals surface area (Å²) >= 11 is 0. The van der Waals surface area contributed by atoms with E-state index in [1.807, 2.05) is 30.3 Å². The minimum absolute atomic E-state index is 0.159. The zero-order valence-electron chi connectivity index (χ0n) is 19.3. The molecule has 180 valence electrons. The summed E-state index contributed by atoms with van der Waals surface area (Å²) in [5, 5.41) is 0. The van der Waals surface area contributed by atoms with Gasteiger partial charge in [0.15, 0.2) is 23.0 Å². The summed E-state index contributed by atoms with van der Waals surface area (Å²) in [7, 11) is 0.900. The Morgan fingerprint density at radius 1 is 0.794 bits per heavy atom. The van der Waals surface area contributed by atoms with Crippen LogP contribution >= 0.6 is 0 Å². The Labute approximate surface area is 199 Å². The second-order valence-corrected chi connectivity index (χ2v) is 9.58. The van der Waals surface area contributed by atoms with E-state index in [-0.39, 0.29) is 24.8 Å². The maximum atomic E-state index is 13.6. The third-order valence-electron chi connectivity index (χ3n) is 5.59. The van der Waals surface area contributed by atoms with Crippen molar-refractivity contribution >= 4 is 10.0 Å². The van der Waals surface area contributed by atoms with Crippen LogP contribution in [0.1, 0.15) is 11.1 Å². The van der Waals surface area contributed by atoms with Gasteiger partial charge in [-0.3, -0.25) is 0 Å². The van der Waals surface area contributed by atoms with Crippen LogP contribution < -0.4 is 23.7 Å². The quantitative estimate of drug-likeness (QED) is 0.431. The SMILES string of the molecule is COc1ccc(S(=O)(=O)N(CCc2ccc(OC)c(OC)c2)Cc2ccc3c(c2)OCO3)cc1. The Bertz CT molecular complexity index is 1240. The van der Waals surface area contributed by atoms with E-state index in [9.17, 15) is 8.42 Å². The lowest BCUT2D eigenvalue weighted by Crippen LogP contribution is -2.32. The average molecular weight is 486 g/mol. The summed E-state index contributed by atoms with van der Waals surface area (Å²) in [6.07, 6.45) is 0.486. The van der Waals surface area contributed by atoms with Crippen molar-refractivity contribution in [2.45, 2.75) is 17.9 Å². The van der Waals surface area contributed by atoms with Crippen LogP contribution in [0.25, 0.3) is 0 Å². The largest absolute Gasteiger partial charge is 0.497 e. The number of hydrogen-bond donors (Lipinski definition) is 0. The standard InChI is InChI=1S/C25H27NO7S/c1-29-20-6-8-21(9-7-20)34(27,28)26(16-19-5-11-23-25(15-19)33-17-32-23)13-12-18-4-10-22(30-2)24(14-18)31-3/h4-11,14-15H,12-13,16-17H2,1-3H3. The third kappa shape index (κ3) is 5.05. The maximum Gasteiger partial charge on any atom is 0.243 e. The molecule has 3 aromatic carbocycles. The zero-order chi connectivity index (χ0) is 24.1. The van der Waals surface area contributed by atoms with Gasteiger partial charge in [0.2, 0.25) is 16.8 Å². The number of benzene rings is 3. The summed E-state index contributed by atoms with van der Waals surface area (Å²) in [6, 6.07) is 17.4. The molecule has 0 aromatic heterocycles. The molecule has 0 unspecified atom stereocenters. The maximum absolute atomic E-state index is 13.6. The summed E-state index contributed by atoms with van der Waals surface area (Å²) in [6.45, 7) is 0.600. The monoisotopic (exact) mass is 485 g/mol. The molecule has 1 aliphatic rings. The van der Waals surface area contributed by atoms with Crippen LogP contribution in [0.5, 0.6) is 28.7 Å². The summed E-state index contributed by atoms with van der Waals surface area (Å²) in [5.41, 5.74) is 1.73. The second kappa shape index (κ2) is 10.2. The van der Waals surface area contributed by atoms with Gasteiger partial charge in [-0.25, -0.2) is 8.42 Å². The van der Waals surface area contributed by atoms with Crippen molar-refractivity contribution in [3.8, 4) is 28.7 Å². The number of hydrogen-bond acceptors (Lipinski definition) is 7. The normalized spacial score (nSPS) is 12.6. The van der Waals surface area contributed by atoms with Gasteiger partial charge < -0.3 is 23.7 Å². The molecule has 0 radical (unpaired) electrons. The molecule has 0 bridgehead atoms. The molecule has 0 fully saturated rings. The van der Waals surface area contributed by atoms with Crippen LogP contribution in [0.3, 0.4) is 0 Å². The molecule has 34 heavy (non-hydrogen) atoms. The molecule has 9 heteroatoms. The first kappa shape index (κ1) is 23.7. The van der Waals surface area contributed by atoms with E-state index in [1.165, 1.54) is 4.31 Å². The van der Waals surface area contributed by atoms with Crippen LogP contribution in [0.4, 0.5) is 0 Å². The summed E-state index contributed by atoms with van der Waals surface area (Å²) in [5.74, 6) is 3.07. The molecule has 0 aliphatic carbocycles.